The maximum absolute atomic E-state index is 11.6. The van der Waals surface area contributed by atoms with Gasteiger partial charge in [0.15, 0.2) is 0 Å². The van der Waals surface area contributed by atoms with Gasteiger partial charge in [-0.05, 0) is 54.7 Å². The molecule has 0 atom stereocenters. The van der Waals surface area contributed by atoms with E-state index in [1.54, 1.807) is 24.8 Å². The van der Waals surface area contributed by atoms with E-state index in [2.05, 4.69) is 44.4 Å². The lowest BCUT2D eigenvalue weighted by molar-refractivity contribution is -0.107. The summed E-state index contributed by atoms with van der Waals surface area (Å²) < 4.78 is 0. The molecule has 1 nitrogen and oxygen atoms in total. The van der Waals surface area contributed by atoms with Crippen LogP contribution < -0.4 is 0 Å². The van der Waals surface area contributed by atoms with Crippen LogP contribution in [0.2, 0.25) is 0 Å². The molecule has 0 unspecified atom stereocenters. The fourth-order valence-electron chi connectivity index (χ4n) is 1.39. The van der Waals surface area contributed by atoms with Crippen molar-refractivity contribution in [2.24, 2.45) is 0 Å². The lowest BCUT2D eigenvalue weighted by atomic mass is 10.4. The van der Waals surface area contributed by atoms with Gasteiger partial charge in [-0.25, -0.2) is 0 Å². The third-order valence-electron chi connectivity index (χ3n) is 2.48. The Balaban J connectivity index is 2.69. The third kappa shape index (κ3) is 7.21. The molecule has 0 spiro atoms. The summed E-state index contributed by atoms with van der Waals surface area (Å²) in [6.07, 6.45) is 17.1. The van der Waals surface area contributed by atoms with E-state index < -0.39 is 0 Å². The summed E-state index contributed by atoms with van der Waals surface area (Å²) in [4.78, 5) is 14.9. The molecule has 0 saturated heterocycles. The number of rotatable bonds is 6. The molecule has 0 aromatic carbocycles. The monoisotopic (exact) mass is 316 g/mol. The Bertz CT molecular complexity index is 572. The van der Waals surface area contributed by atoms with Gasteiger partial charge in [0.1, 0.15) is 0 Å². The number of carbonyl (C=O) groups is 1. The second-order valence-electron chi connectivity index (χ2n) is 4.45. The van der Waals surface area contributed by atoms with Crippen LogP contribution in [0.25, 0.3) is 0 Å². The molecule has 1 aliphatic carbocycles. The van der Waals surface area contributed by atoms with Crippen molar-refractivity contribution in [3.8, 4) is 0 Å². The maximum atomic E-state index is 11.6. The predicted molar refractivity (Wildman–Crippen MR) is 98.0 cm³/mol. The molecule has 0 amide bonds. The van der Waals surface area contributed by atoms with Crippen molar-refractivity contribution < 1.29 is 4.79 Å². The molecule has 0 aliphatic heterocycles. The molecule has 1 aliphatic rings. The van der Waals surface area contributed by atoms with Crippen LogP contribution in [0.4, 0.5) is 0 Å². The van der Waals surface area contributed by atoms with Crippen LogP contribution in [0.3, 0.4) is 0 Å². The largest absolute Gasteiger partial charge is 0.282 e. The molecular weight excluding hydrogens is 296 g/mol. The summed E-state index contributed by atoms with van der Waals surface area (Å²) in [5, 5.41) is -0.0275. The normalized spacial score (nSPS) is 15.4. The zero-order valence-corrected chi connectivity index (χ0v) is 14.1. The highest BCUT2D eigenvalue weighted by atomic mass is 32.2. The van der Waals surface area contributed by atoms with Gasteiger partial charge in [0.05, 0.1) is 0 Å². The molecule has 3 heteroatoms. The summed E-state index contributed by atoms with van der Waals surface area (Å²) in [6, 6.07) is 0. The highest BCUT2D eigenvalue weighted by Gasteiger charge is 2.04. The fourth-order valence-corrected chi connectivity index (χ4v) is 2.83. The molecule has 0 aromatic rings. The summed E-state index contributed by atoms with van der Waals surface area (Å²) in [5.74, 6) is 0. The van der Waals surface area contributed by atoms with Crippen LogP contribution in [0, 0.1) is 0 Å². The van der Waals surface area contributed by atoms with Gasteiger partial charge in [-0.15, -0.1) is 0 Å². The van der Waals surface area contributed by atoms with Crippen molar-refractivity contribution in [3.05, 3.63) is 82.1 Å². The quantitative estimate of drug-likeness (QED) is 0.446. The van der Waals surface area contributed by atoms with Crippen LogP contribution in [0.1, 0.15) is 20.3 Å². The lowest BCUT2D eigenvalue weighted by Crippen LogP contribution is -1.91. The van der Waals surface area contributed by atoms with E-state index in [0.29, 0.717) is 5.57 Å². The van der Waals surface area contributed by atoms with Crippen molar-refractivity contribution >= 4 is 28.6 Å². The van der Waals surface area contributed by atoms with E-state index in [-0.39, 0.29) is 5.12 Å². The molecule has 0 N–H and O–H groups in total. The van der Waals surface area contributed by atoms with Crippen molar-refractivity contribution in [2.75, 3.05) is 0 Å². The molecule has 0 aromatic heterocycles. The van der Waals surface area contributed by atoms with Crippen LogP contribution in [0.5, 0.6) is 0 Å². The number of carbonyl (C=O) groups excluding carboxylic acids is 1. The molecular formula is C18H20OS2. The Hall–Kier alpha value is -1.45. The average Bonchev–Trinajstić information content (AvgIpc) is 2.71. The Morgan fingerprint density at radius 1 is 1.29 bits per heavy atom. The van der Waals surface area contributed by atoms with Gasteiger partial charge in [-0.2, -0.15) is 0 Å². The molecule has 0 saturated carbocycles. The number of hydrogen-bond donors (Lipinski definition) is 0. The van der Waals surface area contributed by atoms with E-state index in [9.17, 15) is 4.79 Å². The Kier molecular flexibility index (Phi) is 7.95. The summed E-state index contributed by atoms with van der Waals surface area (Å²) in [6.45, 7) is 11.2. The highest BCUT2D eigenvalue weighted by Crippen LogP contribution is 2.28. The number of hydrogen-bond acceptors (Lipinski definition) is 3. The zero-order chi connectivity index (χ0) is 15.7. The SMILES string of the molecule is C=C/C(=C\C=C(/C)SC1=CCC=CC=C1)SC(=O)C(=C)C. The third-order valence-corrected chi connectivity index (χ3v) is 4.55. The van der Waals surface area contributed by atoms with Crippen molar-refractivity contribution in [3.63, 3.8) is 0 Å². The van der Waals surface area contributed by atoms with Crippen LogP contribution >= 0.6 is 23.5 Å². The van der Waals surface area contributed by atoms with Crippen LogP contribution in [-0.4, -0.2) is 5.12 Å². The Morgan fingerprint density at radius 3 is 2.71 bits per heavy atom. The molecule has 110 valence electrons. The van der Waals surface area contributed by atoms with E-state index in [0.717, 1.165) is 28.0 Å². The zero-order valence-electron chi connectivity index (χ0n) is 12.5. The van der Waals surface area contributed by atoms with Crippen molar-refractivity contribution in [1.82, 2.24) is 0 Å². The van der Waals surface area contributed by atoms with Gasteiger partial charge >= 0.3 is 0 Å². The second kappa shape index (κ2) is 9.48. The first-order valence-electron chi connectivity index (χ1n) is 6.63. The van der Waals surface area contributed by atoms with Crippen molar-refractivity contribution in [2.45, 2.75) is 20.3 Å². The Morgan fingerprint density at radius 2 is 2.05 bits per heavy atom. The molecule has 0 heterocycles. The topological polar surface area (TPSA) is 17.1 Å². The first-order chi connectivity index (χ1) is 10.0. The summed E-state index contributed by atoms with van der Waals surface area (Å²) >= 11 is 2.87. The second-order valence-corrected chi connectivity index (χ2v) is 6.82. The van der Waals surface area contributed by atoms with Crippen molar-refractivity contribution in [1.29, 1.82) is 0 Å². The average molecular weight is 316 g/mol. The van der Waals surface area contributed by atoms with Crippen LogP contribution in [0.15, 0.2) is 82.1 Å². The van der Waals surface area contributed by atoms with Crippen LogP contribution in [-0.2, 0) is 4.79 Å². The maximum Gasteiger partial charge on any atom is 0.219 e. The summed E-state index contributed by atoms with van der Waals surface area (Å²) in [5.41, 5.74) is 0.545. The predicted octanol–water partition coefficient (Wildman–Crippen LogP) is 5.93. The molecule has 1 rings (SSSR count). The lowest BCUT2D eigenvalue weighted by Gasteiger charge is -2.02. The van der Waals surface area contributed by atoms with Gasteiger partial charge in [0.25, 0.3) is 0 Å². The van der Waals surface area contributed by atoms with E-state index in [4.69, 9.17) is 0 Å². The smallest absolute Gasteiger partial charge is 0.219 e. The first-order valence-corrected chi connectivity index (χ1v) is 8.26. The Labute approximate surface area is 136 Å². The van der Waals surface area contributed by atoms with E-state index in [1.165, 1.54) is 4.91 Å². The molecule has 0 fully saturated rings. The molecule has 21 heavy (non-hydrogen) atoms. The van der Waals surface area contributed by atoms with Gasteiger partial charge in [-0.3, -0.25) is 4.79 Å². The number of allylic oxidation sites excluding steroid dienone is 9. The fraction of sp³-hybridized carbons (Fsp3) is 0.167. The minimum atomic E-state index is -0.0275. The van der Waals surface area contributed by atoms with Gasteiger partial charge < -0.3 is 0 Å². The first kappa shape index (κ1) is 17.6. The van der Waals surface area contributed by atoms with Gasteiger partial charge in [0.2, 0.25) is 5.12 Å². The van der Waals surface area contributed by atoms with E-state index in [1.807, 2.05) is 18.2 Å². The standard InChI is InChI=1S/C18H20OS2/c1-5-16(21-18(19)14(2)3)13-12-15(4)20-17-10-8-6-7-9-11-17/h5-8,10-13H,1-2,9H2,3-4H3/b15-12+,16-13+. The minimum Gasteiger partial charge on any atom is -0.282 e. The van der Waals surface area contributed by atoms with Gasteiger partial charge in [0, 0.05) is 9.81 Å². The van der Waals surface area contributed by atoms with Gasteiger partial charge in [-0.1, -0.05) is 61.4 Å². The minimum absolute atomic E-state index is 0.0275. The summed E-state index contributed by atoms with van der Waals surface area (Å²) in [7, 11) is 0. The number of thioether (sulfide) groups is 2. The van der Waals surface area contributed by atoms with E-state index >= 15 is 0 Å². The molecule has 0 radical (unpaired) electrons. The highest BCUT2D eigenvalue weighted by molar-refractivity contribution is 8.17. The molecule has 0 bridgehead atoms.